The quantitative estimate of drug-likeness (QED) is 0.799. The molecule has 134 valence electrons. The van der Waals surface area contributed by atoms with Crippen LogP contribution in [-0.2, 0) is 16.1 Å². The molecule has 1 atom stereocenters. The van der Waals surface area contributed by atoms with Crippen molar-refractivity contribution in [2.75, 3.05) is 20.2 Å². The Hall–Kier alpha value is -2.54. The molecule has 3 rings (SSSR count). The van der Waals surface area contributed by atoms with E-state index in [-0.39, 0.29) is 6.42 Å². The minimum Gasteiger partial charge on any atom is -0.497 e. The zero-order valence-corrected chi connectivity index (χ0v) is 14.1. The first-order chi connectivity index (χ1) is 12.0. The van der Waals surface area contributed by atoms with E-state index in [4.69, 9.17) is 9.84 Å². The number of aryl methyl sites for hydroxylation is 1. The van der Waals surface area contributed by atoms with E-state index in [1.54, 1.807) is 19.4 Å². The van der Waals surface area contributed by atoms with Crippen LogP contribution >= 0.6 is 0 Å². The highest BCUT2D eigenvalue weighted by atomic mass is 16.5. The van der Waals surface area contributed by atoms with Gasteiger partial charge in [-0.2, -0.15) is 0 Å². The number of ether oxygens (including phenoxy) is 1. The van der Waals surface area contributed by atoms with Crippen molar-refractivity contribution < 1.29 is 24.5 Å². The van der Waals surface area contributed by atoms with Gasteiger partial charge in [0.25, 0.3) is 0 Å². The van der Waals surface area contributed by atoms with Crippen LogP contribution < -0.4 is 4.74 Å². The topological polar surface area (TPSA) is 92.0 Å². The Morgan fingerprint density at radius 2 is 1.96 bits per heavy atom. The normalized spacial score (nSPS) is 16.2. The van der Waals surface area contributed by atoms with Gasteiger partial charge < -0.3 is 19.5 Å². The molecule has 0 bridgehead atoms. The number of likely N-dealkylation sites (tertiary alicyclic amines) is 1. The summed E-state index contributed by atoms with van der Waals surface area (Å²) >= 11 is 0. The van der Waals surface area contributed by atoms with E-state index in [2.05, 4.69) is 0 Å². The Kier molecular flexibility index (Phi) is 4.94. The lowest BCUT2D eigenvalue weighted by Gasteiger charge is -2.23. The minimum atomic E-state index is -0.887. The summed E-state index contributed by atoms with van der Waals surface area (Å²) in [5, 5.41) is 19.6. The largest absolute Gasteiger partial charge is 0.497 e. The van der Waals surface area contributed by atoms with Gasteiger partial charge in [-0.05, 0) is 44.1 Å². The molecule has 1 fully saturated rings. The maximum atomic E-state index is 12.0. The number of benzene rings is 1. The van der Waals surface area contributed by atoms with E-state index in [0.29, 0.717) is 17.9 Å². The van der Waals surface area contributed by atoms with Gasteiger partial charge >= 0.3 is 11.9 Å². The Bertz CT molecular complexity index is 792. The number of aromatic nitrogens is 1. The van der Waals surface area contributed by atoms with Crippen molar-refractivity contribution in [2.45, 2.75) is 31.8 Å². The lowest BCUT2D eigenvalue weighted by molar-refractivity contribution is -0.143. The summed E-state index contributed by atoms with van der Waals surface area (Å²) in [6.45, 7) is 1.80. The molecule has 1 aliphatic heterocycles. The zero-order valence-electron chi connectivity index (χ0n) is 14.1. The fourth-order valence-corrected chi connectivity index (χ4v) is 3.54. The molecule has 0 spiro atoms. The van der Waals surface area contributed by atoms with Gasteiger partial charge in [-0.3, -0.25) is 14.5 Å². The summed E-state index contributed by atoms with van der Waals surface area (Å²) in [6.07, 6.45) is 3.75. The molecule has 1 aromatic heterocycles. The summed E-state index contributed by atoms with van der Waals surface area (Å²) in [5.74, 6) is -1.12. The minimum absolute atomic E-state index is 0.0172. The number of carbonyl (C=O) groups is 2. The highest BCUT2D eigenvalue weighted by Gasteiger charge is 2.32. The SMILES string of the molecule is COc1ccc2c(c1)c([C@H](C(=O)O)N1CCCC1)cn2CCC(=O)O. The van der Waals surface area contributed by atoms with Crippen molar-refractivity contribution in [3.63, 3.8) is 0 Å². The predicted molar refractivity (Wildman–Crippen MR) is 91.9 cm³/mol. The lowest BCUT2D eigenvalue weighted by Crippen LogP contribution is -2.31. The number of fused-ring (bicyclic) bond motifs is 1. The first kappa shape index (κ1) is 17.3. The third kappa shape index (κ3) is 3.46. The molecule has 7 nitrogen and oxygen atoms in total. The van der Waals surface area contributed by atoms with Crippen LogP contribution in [0, 0.1) is 0 Å². The third-order valence-electron chi connectivity index (χ3n) is 4.72. The standard InChI is InChI=1S/C18H22N2O5/c1-25-12-4-5-15-13(10-12)14(11-20(15)9-6-16(21)22)17(18(23)24)19-7-2-3-8-19/h4-5,10-11,17H,2-3,6-9H2,1H3,(H,21,22)(H,23,24)/t17-/m1/s1. The first-order valence-corrected chi connectivity index (χ1v) is 8.36. The highest BCUT2D eigenvalue weighted by molar-refractivity contribution is 5.90. The number of methoxy groups -OCH3 is 1. The molecule has 0 unspecified atom stereocenters. The van der Waals surface area contributed by atoms with E-state index in [9.17, 15) is 14.7 Å². The van der Waals surface area contributed by atoms with E-state index in [0.717, 1.165) is 36.8 Å². The van der Waals surface area contributed by atoms with Gasteiger partial charge in [-0.25, -0.2) is 0 Å². The van der Waals surface area contributed by atoms with Gasteiger partial charge in [-0.1, -0.05) is 0 Å². The second-order valence-electron chi connectivity index (χ2n) is 6.29. The van der Waals surface area contributed by atoms with Crippen molar-refractivity contribution >= 4 is 22.8 Å². The third-order valence-corrected chi connectivity index (χ3v) is 4.72. The maximum absolute atomic E-state index is 12.0. The highest BCUT2D eigenvalue weighted by Crippen LogP contribution is 2.34. The maximum Gasteiger partial charge on any atom is 0.325 e. The van der Waals surface area contributed by atoms with E-state index in [1.807, 2.05) is 21.6 Å². The van der Waals surface area contributed by atoms with Crippen LogP contribution in [0.1, 0.15) is 30.9 Å². The van der Waals surface area contributed by atoms with Gasteiger partial charge in [-0.15, -0.1) is 0 Å². The lowest BCUT2D eigenvalue weighted by atomic mass is 10.0. The van der Waals surface area contributed by atoms with Gasteiger partial charge in [0, 0.05) is 29.2 Å². The molecule has 25 heavy (non-hydrogen) atoms. The Morgan fingerprint density at radius 3 is 2.56 bits per heavy atom. The van der Waals surface area contributed by atoms with Gasteiger partial charge in [0.15, 0.2) is 0 Å². The monoisotopic (exact) mass is 346 g/mol. The Morgan fingerprint density at radius 1 is 1.24 bits per heavy atom. The number of nitrogens with zero attached hydrogens (tertiary/aromatic N) is 2. The zero-order chi connectivity index (χ0) is 18.0. The van der Waals surface area contributed by atoms with Gasteiger partial charge in [0.1, 0.15) is 11.8 Å². The van der Waals surface area contributed by atoms with Crippen LogP contribution in [0.25, 0.3) is 10.9 Å². The Balaban J connectivity index is 2.10. The fourth-order valence-electron chi connectivity index (χ4n) is 3.54. The molecule has 2 N–H and O–H groups in total. The molecular formula is C18H22N2O5. The average Bonchev–Trinajstić information content (AvgIpc) is 3.21. The number of aliphatic carboxylic acids is 2. The molecule has 2 aromatic rings. The summed E-state index contributed by atoms with van der Waals surface area (Å²) in [7, 11) is 1.57. The molecule has 0 radical (unpaired) electrons. The number of hydrogen-bond acceptors (Lipinski definition) is 4. The van der Waals surface area contributed by atoms with Crippen molar-refractivity contribution in [3.05, 3.63) is 30.0 Å². The number of carboxylic acid groups (broad SMARTS) is 2. The molecule has 2 heterocycles. The van der Waals surface area contributed by atoms with Crippen molar-refractivity contribution in [3.8, 4) is 5.75 Å². The molecule has 1 saturated heterocycles. The molecule has 1 aliphatic rings. The number of carboxylic acids is 2. The molecule has 0 amide bonds. The van der Waals surface area contributed by atoms with Gasteiger partial charge in [0.2, 0.25) is 0 Å². The summed E-state index contributed by atoms with van der Waals surface area (Å²) in [5.41, 5.74) is 1.51. The second-order valence-corrected chi connectivity index (χ2v) is 6.29. The first-order valence-electron chi connectivity index (χ1n) is 8.36. The summed E-state index contributed by atoms with van der Waals surface area (Å²) in [4.78, 5) is 24.9. The van der Waals surface area contributed by atoms with Crippen molar-refractivity contribution in [1.82, 2.24) is 9.47 Å². The predicted octanol–water partition coefficient (Wildman–Crippen LogP) is 2.35. The molecule has 0 saturated carbocycles. The number of rotatable bonds is 7. The van der Waals surface area contributed by atoms with Crippen LogP contribution in [0.5, 0.6) is 5.75 Å². The van der Waals surface area contributed by atoms with Gasteiger partial charge in [0.05, 0.1) is 13.5 Å². The van der Waals surface area contributed by atoms with Crippen LogP contribution in [0.3, 0.4) is 0 Å². The molecular weight excluding hydrogens is 324 g/mol. The molecule has 7 heteroatoms. The second kappa shape index (κ2) is 7.14. The average molecular weight is 346 g/mol. The fraction of sp³-hybridized carbons (Fsp3) is 0.444. The molecule has 1 aromatic carbocycles. The van der Waals surface area contributed by atoms with Crippen LogP contribution in [0.2, 0.25) is 0 Å². The van der Waals surface area contributed by atoms with Crippen LogP contribution in [0.4, 0.5) is 0 Å². The van der Waals surface area contributed by atoms with Crippen LogP contribution in [-0.4, -0.2) is 51.8 Å². The molecule has 0 aliphatic carbocycles. The Labute approximate surface area is 145 Å². The van der Waals surface area contributed by atoms with Crippen LogP contribution in [0.15, 0.2) is 24.4 Å². The summed E-state index contributed by atoms with van der Waals surface area (Å²) in [6, 6.07) is 4.74. The van der Waals surface area contributed by atoms with Crippen molar-refractivity contribution in [2.24, 2.45) is 0 Å². The van der Waals surface area contributed by atoms with E-state index >= 15 is 0 Å². The smallest absolute Gasteiger partial charge is 0.325 e. The van der Waals surface area contributed by atoms with E-state index < -0.39 is 18.0 Å². The van der Waals surface area contributed by atoms with Crippen molar-refractivity contribution in [1.29, 1.82) is 0 Å². The number of hydrogen-bond donors (Lipinski definition) is 2. The summed E-state index contributed by atoms with van der Waals surface area (Å²) < 4.78 is 7.11. The van der Waals surface area contributed by atoms with E-state index in [1.165, 1.54) is 0 Å².